The summed E-state index contributed by atoms with van der Waals surface area (Å²) in [6.07, 6.45) is 57.1. The van der Waals surface area contributed by atoms with Crippen molar-refractivity contribution in [3.8, 4) is 0 Å². The lowest BCUT2D eigenvalue weighted by atomic mass is 10.1. The zero-order valence-electron chi connectivity index (χ0n) is 33.9. The SMILES string of the molecule is CC/C=C\C/C=C\C/C=C\C/C=C\CCCCCCC(=O)NC(CS(=O)(=O)O)C(O)/C=C/CC/C=C/CC/C=C/CCCCCCCCCCCCC. The van der Waals surface area contributed by atoms with Gasteiger partial charge in [0.1, 0.15) is 0 Å². The molecule has 1 amide bonds. The Kier molecular flexibility index (Phi) is 37.4. The largest absolute Gasteiger partial charge is 0.387 e. The van der Waals surface area contributed by atoms with Crippen molar-refractivity contribution in [3.05, 3.63) is 85.1 Å². The molecule has 53 heavy (non-hydrogen) atoms. The fourth-order valence-electron chi connectivity index (χ4n) is 5.88. The Morgan fingerprint density at radius 3 is 1.42 bits per heavy atom. The lowest BCUT2D eigenvalue weighted by Crippen LogP contribution is -2.46. The molecule has 7 heteroatoms. The highest BCUT2D eigenvalue weighted by Gasteiger charge is 2.24. The van der Waals surface area contributed by atoms with Crippen LogP contribution in [0.5, 0.6) is 0 Å². The number of aliphatic hydroxyl groups is 1. The van der Waals surface area contributed by atoms with Crippen LogP contribution >= 0.6 is 0 Å². The predicted molar refractivity (Wildman–Crippen MR) is 230 cm³/mol. The molecule has 6 nitrogen and oxygen atoms in total. The molecule has 0 aliphatic heterocycles. The molecule has 0 aromatic rings. The standard InChI is InChI=1S/C46H79NO5S/c1-3-5-7-9-11-13-15-17-19-21-22-23-24-26-27-29-31-33-35-37-39-41-45(48)44(43-53(50,51)52)47-46(49)42-40-38-36-34-32-30-28-25-20-18-16-14-12-10-8-6-4-2/h6,8,12,14,18,20,24,26,28,30-31,33,39,41,44-45,48H,3-5,7,9-11,13,15-17,19,21-23,25,27,29,32,34-38,40,42-43H2,1-2H3,(H,47,49)(H,50,51,52)/b8-6-,14-12-,20-18-,26-24+,30-28-,33-31+,41-39+. The molecule has 0 aromatic heterocycles. The molecule has 0 aliphatic carbocycles. The molecular formula is C46H79NO5S. The maximum atomic E-state index is 12.5. The number of carbonyl (C=O) groups excluding carboxylic acids is 1. The second kappa shape index (κ2) is 39.2. The summed E-state index contributed by atoms with van der Waals surface area (Å²) in [7, 11) is -4.37. The number of unbranched alkanes of at least 4 members (excludes halogenated alkanes) is 17. The van der Waals surface area contributed by atoms with Crippen LogP contribution < -0.4 is 5.32 Å². The normalized spacial score (nSPS) is 14.1. The van der Waals surface area contributed by atoms with Gasteiger partial charge < -0.3 is 10.4 Å². The topological polar surface area (TPSA) is 104 Å². The molecule has 2 unspecified atom stereocenters. The van der Waals surface area contributed by atoms with Crippen molar-refractivity contribution in [2.75, 3.05) is 5.75 Å². The number of carbonyl (C=O) groups is 1. The summed E-state index contributed by atoms with van der Waals surface area (Å²) in [4.78, 5) is 12.5. The van der Waals surface area contributed by atoms with E-state index >= 15 is 0 Å². The third kappa shape index (κ3) is 40.5. The molecule has 0 spiro atoms. The predicted octanol–water partition coefficient (Wildman–Crippen LogP) is 12.8. The Morgan fingerprint density at radius 2 is 0.925 bits per heavy atom. The van der Waals surface area contributed by atoms with E-state index in [0.29, 0.717) is 12.8 Å². The van der Waals surface area contributed by atoms with Gasteiger partial charge in [0.25, 0.3) is 10.1 Å². The second-order valence-corrected chi connectivity index (χ2v) is 15.7. The van der Waals surface area contributed by atoms with Gasteiger partial charge in [-0.1, -0.05) is 176 Å². The quantitative estimate of drug-likeness (QED) is 0.0332. The van der Waals surface area contributed by atoms with E-state index in [0.717, 1.165) is 70.6 Å². The van der Waals surface area contributed by atoms with Crippen LogP contribution in [-0.2, 0) is 14.9 Å². The fourth-order valence-corrected chi connectivity index (χ4v) is 6.62. The molecule has 0 fully saturated rings. The van der Waals surface area contributed by atoms with Gasteiger partial charge in [0, 0.05) is 6.42 Å². The lowest BCUT2D eigenvalue weighted by Gasteiger charge is -2.21. The average Bonchev–Trinajstić information content (AvgIpc) is 3.12. The van der Waals surface area contributed by atoms with Crippen molar-refractivity contribution in [1.82, 2.24) is 5.32 Å². The van der Waals surface area contributed by atoms with E-state index in [4.69, 9.17) is 0 Å². The van der Waals surface area contributed by atoms with Crippen molar-refractivity contribution in [3.63, 3.8) is 0 Å². The zero-order valence-corrected chi connectivity index (χ0v) is 34.7. The first-order valence-electron chi connectivity index (χ1n) is 21.3. The average molecular weight is 758 g/mol. The van der Waals surface area contributed by atoms with Crippen molar-refractivity contribution < 1.29 is 22.9 Å². The fraction of sp³-hybridized carbons (Fsp3) is 0.674. The van der Waals surface area contributed by atoms with Crippen LogP contribution in [0.3, 0.4) is 0 Å². The minimum absolute atomic E-state index is 0.252. The van der Waals surface area contributed by atoms with Gasteiger partial charge in [-0.2, -0.15) is 8.42 Å². The molecule has 0 radical (unpaired) electrons. The van der Waals surface area contributed by atoms with Crippen LogP contribution in [-0.4, -0.2) is 41.9 Å². The molecule has 2 atom stereocenters. The number of aliphatic hydroxyl groups excluding tert-OH is 1. The first kappa shape index (κ1) is 50.5. The smallest absolute Gasteiger partial charge is 0.267 e. The van der Waals surface area contributed by atoms with E-state index in [9.17, 15) is 22.9 Å². The highest BCUT2D eigenvalue weighted by atomic mass is 32.2. The minimum Gasteiger partial charge on any atom is -0.387 e. The van der Waals surface area contributed by atoms with E-state index in [1.54, 1.807) is 6.08 Å². The minimum atomic E-state index is -4.37. The lowest BCUT2D eigenvalue weighted by molar-refractivity contribution is -0.122. The number of allylic oxidation sites excluding steroid dienone is 13. The highest BCUT2D eigenvalue weighted by Crippen LogP contribution is 2.13. The molecule has 0 bridgehead atoms. The third-order valence-corrected chi connectivity index (χ3v) is 9.81. The maximum Gasteiger partial charge on any atom is 0.267 e. The molecule has 0 aromatic carbocycles. The number of nitrogens with one attached hydrogen (secondary N) is 1. The van der Waals surface area contributed by atoms with E-state index < -0.39 is 28.0 Å². The number of rotatable bonds is 37. The highest BCUT2D eigenvalue weighted by molar-refractivity contribution is 7.85. The van der Waals surface area contributed by atoms with Gasteiger partial charge in [-0.25, -0.2) is 0 Å². The van der Waals surface area contributed by atoms with Crippen LogP contribution in [0.15, 0.2) is 85.1 Å². The summed E-state index contributed by atoms with van der Waals surface area (Å²) in [5, 5.41) is 13.2. The molecule has 0 rings (SSSR count). The summed E-state index contributed by atoms with van der Waals surface area (Å²) < 4.78 is 32.5. The van der Waals surface area contributed by atoms with Gasteiger partial charge in [0.2, 0.25) is 5.91 Å². The van der Waals surface area contributed by atoms with Crippen LogP contribution in [0.1, 0.15) is 181 Å². The Labute approximate surface area is 326 Å². The van der Waals surface area contributed by atoms with Gasteiger partial charge in [-0.3, -0.25) is 9.35 Å². The monoisotopic (exact) mass is 758 g/mol. The van der Waals surface area contributed by atoms with E-state index in [2.05, 4.69) is 92.1 Å². The summed E-state index contributed by atoms with van der Waals surface area (Å²) in [5.74, 6) is -1.05. The van der Waals surface area contributed by atoms with Crippen molar-refractivity contribution >= 4 is 16.0 Å². The van der Waals surface area contributed by atoms with Crippen LogP contribution in [0.4, 0.5) is 0 Å². The number of hydrogen-bond acceptors (Lipinski definition) is 4. The molecule has 3 N–H and O–H groups in total. The zero-order chi connectivity index (χ0) is 38.9. The maximum absolute atomic E-state index is 12.5. The Balaban J connectivity index is 4.05. The first-order valence-corrected chi connectivity index (χ1v) is 22.9. The van der Waals surface area contributed by atoms with Gasteiger partial charge in [0.05, 0.1) is 17.9 Å². The molecular weight excluding hydrogens is 679 g/mol. The molecule has 0 saturated carbocycles. The Hall–Kier alpha value is -2.48. The molecule has 0 heterocycles. The Morgan fingerprint density at radius 1 is 0.528 bits per heavy atom. The first-order chi connectivity index (χ1) is 25.8. The summed E-state index contributed by atoms with van der Waals surface area (Å²) in [6.45, 7) is 4.41. The van der Waals surface area contributed by atoms with E-state index in [1.807, 2.05) is 0 Å². The van der Waals surface area contributed by atoms with Crippen molar-refractivity contribution in [2.24, 2.45) is 0 Å². The van der Waals surface area contributed by atoms with Gasteiger partial charge in [-0.15, -0.1) is 0 Å². The molecule has 0 aliphatic rings. The van der Waals surface area contributed by atoms with Crippen molar-refractivity contribution in [1.29, 1.82) is 0 Å². The van der Waals surface area contributed by atoms with Crippen LogP contribution in [0.2, 0.25) is 0 Å². The number of hydrogen-bond donors (Lipinski definition) is 3. The summed E-state index contributed by atoms with van der Waals surface area (Å²) in [6, 6.07) is -1.10. The second-order valence-electron chi connectivity index (χ2n) is 14.2. The van der Waals surface area contributed by atoms with Gasteiger partial charge in [-0.05, 0) is 83.5 Å². The van der Waals surface area contributed by atoms with Gasteiger partial charge >= 0.3 is 0 Å². The van der Waals surface area contributed by atoms with E-state index in [1.165, 1.54) is 83.1 Å². The third-order valence-electron chi connectivity index (χ3n) is 9.03. The number of amides is 1. The van der Waals surface area contributed by atoms with Crippen LogP contribution in [0.25, 0.3) is 0 Å². The molecule has 304 valence electrons. The van der Waals surface area contributed by atoms with Crippen molar-refractivity contribution in [2.45, 2.75) is 193 Å². The Bertz CT molecular complexity index is 1150. The molecule has 0 saturated heterocycles. The summed E-state index contributed by atoms with van der Waals surface area (Å²) >= 11 is 0. The van der Waals surface area contributed by atoms with Crippen LogP contribution in [0, 0.1) is 0 Å². The van der Waals surface area contributed by atoms with E-state index in [-0.39, 0.29) is 12.3 Å². The van der Waals surface area contributed by atoms with Gasteiger partial charge in [0.15, 0.2) is 0 Å². The summed E-state index contributed by atoms with van der Waals surface area (Å²) in [5.41, 5.74) is 0.